The van der Waals surface area contributed by atoms with Crippen molar-refractivity contribution < 1.29 is 58.6 Å². The first-order valence-corrected chi connectivity index (χ1v) is 43.8. The molecule has 0 atom stereocenters. The molecular weight excluding hydrogens is 1470 g/mol. The minimum Gasteiger partial charge on any atom is -0.497 e. The summed E-state index contributed by atoms with van der Waals surface area (Å²) in [7, 11) is -1.35. The van der Waals surface area contributed by atoms with Crippen molar-refractivity contribution in [3.8, 4) is 17.2 Å². The number of ketones is 2. The zero-order valence-corrected chi connectivity index (χ0v) is 68.8. The summed E-state index contributed by atoms with van der Waals surface area (Å²) >= 11 is 4.37. The molecule has 0 aliphatic carbocycles. The van der Waals surface area contributed by atoms with Crippen LogP contribution in [0.15, 0.2) is 125 Å². The lowest BCUT2D eigenvalue weighted by Gasteiger charge is -2.33. The first kappa shape index (κ1) is 88.4. The number of piperidine rings is 3. The number of Topliss-reactive ketones (excluding diaryl/α,β-unsaturated/α-hetero) is 2. The molecule has 584 valence electrons. The van der Waals surface area contributed by atoms with E-state index >= 15 is 0 Å². The normalized spacial score (nSPS) is 14.7. The third kappa shape index (κ3) is 27.2. The molecule has 23 nitrogen and oxygen atoms in total. The molecule has 0 saturated carbocycles. The van der Waals surface area contributed by atoms with E-state index in [1.165, 1.54) is 78.1 Å². The first-order chi connectivity index (χ1) is 50.7. The van der Waals surface area contributed by atoms with Gasteiger partial charge in [0.05, 0.1) is 47.5 Å². The van der Waals surface area contributed by atoms with Crippen LogP contribution in [-0.4, -0.2) is 214 Å². The van der Waals surface area contributed by atoms with Crippen LogP contribution < -0.4 is 34.6 Å². The van der Waals surface area contributed by atoms with E-state index in [2.05, 4.69) is 46.5 Å². The molecule has 3 aliphatic rings. The van der Waals surface area contributed by atoms with Gasteiger partial charge in [-0.15, -0.1) is 11.8 Å². The average molecular weight is 1580 g/mol. The lowest BCUT2D eigenvalue weighted by molar-refractivity contribution is -0.126. The number of nitrogens with two attached hydrogens (primary N) is 1. The van der Waals surface area contributed by atoms with Gasteiger partial charge in [0.1, 0.15) is 34.8 Å². The van der Waals surface area contributed by atoms with Crippen molar-refractivity contribution >= 4 is 100 Å². The molecule has 2 N–H and O–H groups in total. The number of thioether (sulfide) groups is 3. The highest BCUT2D eigenvalue weighted by Crippen LogP contribution is 2.33. The molecule has 0 bridgehead atoms. The van der Waals surface area contributed by atoms with Crippen LogP contribution in [0.2, 0.25) is 0 Å². The Kier molecular flexibility index (Phi) is 37.4. The Balaban J connectivity index is 0.000000233. The fourth-order valence-electron chi connectivity index (χ4n) is 13.1. The molecule has 6 heterocycles. The Morgan fingerprint density at radius 1 is 0.462 bits per heavy atom. The van der Waals surface area contributed by atoms with Gasteiger partial charge in [-0.2, -0.15) is 23.5 Å². The number of anilines is 3. The molecule has 0 unspecified atom stereocenters. The van der Waals surface area contributed by atoms with Gasteiger partial charge < -0.3 is 39.4 Å². The maximum absolute atomic E-state index is 13.1. The number of aryl methyl sites for hydroxylation is 6. The largest absolute Gasteiger partial charge is 0.497 e. The summed E-state index contributed by atoms with van der Waals surface area (Å²) in [6.45, 7) is 19.2. The van der Waals surface area contributed by atoms with Gasteiger partial charge in [0.25, 0.3) is 6.47 Å². The van der Waals surface area contributed by atoms with E-state index in [1.807, 2.05) is 61.4 Å². The maximum Gasteiger partial charge on any atom is 0.293 e. The zero-order chi connectivity index (χ0) is 77.4. The summed E-state index contributed by atoms with van der Waals surface area (Å²) in [5.74, 6) is 7.14. The van der Waals surface area contributed by atoms with Crippen LogP contribution in [0.25, 0.3) is 0 Å². The number of rotatable bonds is 35. The minimum atomic E-state index is -3.60. The molecular formula is C77H112N10O13S6. The monoisotopic (exact) mass is 1580 g/mol. The van der Waals surface area contributed by atoms with Gasteiger partial charge in [-0.1, -0.05) is 0 Å². The van der Waals surface area contributed by atoms with Crippen LogP contribution in [-0.2, 0) is 49.2 Å². The number of aromatic nitrogens is 3. The van der Waals surface area contributed by atoms with Crippen LogP contribution in [0.1, 0.15) is 97.6 Å². The number of benzene rings is 3. The zero-order valence-electron chi connectivity index (χ0n) is 63.9. The number of sulfonamides is 3. The van der Waals surface area contributed by atoms with Crippen molar-refractivity contribution in [1.82, 2.24) is 27.9 Å². The number of carbonyl (C=O) groups excluding carboxylic acids is 3. The topological polar surface area (TPSA) is 275 Å². The molecule has 3 aromatic carbocycles. The SMILES string of the molecule is COc1cc(C)c(S(=O)(=O)N(C)CCSCC(=O)CCC2CCN(c3ccncc3)CC2)c(C)c1.COc1cc(C)c(S(=O)(=O)N(C)CCSCC(=O)CCC2CCN(c3ccncc3)CC2)c(C)c1.COc1cc(C)c(S(=O)(=O)N(C)CCSCOC=O)c(C)c1.NCC1CCN(c2ccncc2)CC1. The summed E-state index contributed by atoms with van der Waals surface area (Å²) in [5.41, 5.74) is 13.4. The number of nitrogens with zero attached hydrogens (tertiary/aromatic N) is 9. The van der Waals surface area contributed by atoms with E-state index in [-0.39, 0.29) is 17.5 Å². The third-order valence-electron chi connectivity index (χ3n) is 19.3. The quantitative estimate of drug-likeness (QED) is 0.0220. The molecule has 0 radical (unpaired) electrons. The van der Waals surface area contributed by atoms with Crippen molar-refractivity contribution in [3.63, 3.8) is 0 Å². The fourth-order valence-corrected chi connectivity index (χ4v) is 20.7. The van der Waals surface area contributed by atoms with Gasteiger partial charge in [-0.05, 0) is 223 Å². The lowest BCUT2D eigenvalue weighted by atomic mass is 9.91. The number of ether oxygens (including phenoxy) is 4. The van der Waals surface area contributed by atoms with Crippen molar-refractivity contribution in [2.45, 2.75) is 120 Å². The summed E-state index contributed by atoms with van der Waals surface area (Å²) < 4.78 is 102. The Morgan fingerprint density at radius 3 is 0.981 bits per heavy atom. The predicted octanol–water partition coefficient (Wildman–Crippen LogP) is 11.7. The van der Waals surface area contributed by atoms with E-state index in [0.29, 0.717) is 145 Å². The molecule has 3 aliphatic heterocycles. The number of hydrogen-bond donors (Lipinski definition) is 1. The molecule has 0 spiro atoms. The smallest absolute Gasteiger partial charge is 0.293 e. The number of hydrogen-bond acceptors (Lipinski definition) is 23. The molecule has 6 aromatic rings. The Morgan fingerprint density at radius 2 is 0.726 bits per heavy atom. The number of carbonyl (C=O) groups is 3. The standard InChI is InChI=1S/2C26H37N3O4S2.C14H21NO5S2.C11H17N3/c2*1-20-17-25(33-4)18-21(2)26(20)35(31,32)28(3)15-16-34-19-24(30)6-5-22-9-13-29(14-10-22)23-7-11-27-12-8-23;1-11-7-13(19-4)8-12(2)14(11)22(17,18)15(3)5-6-21-10-20-9-16;12-9-10-3-7-14(8-4-10)11-1-5-13-6-2-11/h2*7-8,11-12,17-18,22H,5-6,9-10,13-16,19H2,1-4H3;7-9H,5-6,10H2,1-4H3;1-2,5-6,10H,3-4,7-9,12H2. The van der Waals surface area contributed by atoms with E-state index < -0.39 is 30.1 Å². The highest BCUT2D eigenvalue weighted by molar-refractivity contribution is 8.00. The van der Waals surface area contributed by atoms with Gasteiger partial charge in [-0.25, -0.2) is 38.2 Å². The summed E-state index contributed by atoms with van der Waals surface area (Å²) in [6, 6.07) is 22.7. The van der Waals surface area contributed by atoms with Crippen molar-refractivity contribution in [2.24, 2.45) is 23.5 Å². The molecule has 3 aromatic heterocycles. The van der Waals surface area contributed by atoms with Gasteiger partial charge >= 0.3 is 0 Å². The second kappa shape index (κ2) is 44.8. The molecule has 3 fully saturated rings. The highest BCUT2D eigenvalue weighted by atomic mass is 32.2. The van der Waals surface area contributed by atoms with E-state index in [9.17, 15) is 39.6 Å². The lowest BCUT2D eigenvalue weighted by Crippen LogP contribution is -2.35. The molecule has 0 amide bonds. The Bertz CT molecular complexity index is 3790. The average Bonchev–Trinajstić information content (AvgIpc) is 0.796. The second-order valence-corrected chi connectivity index (χ2v) is 36.2. The van der Waals surface area contributed by atoms with Crippen LogP contribution in [0.3, 0.4) is 0 Å². The minimum absolute atomic E-state index is 0.220. The van der Waals surface area contributed by atoms with E-state index in [1.54, 1.807) is 120 Å². The second-order valence-electron chi connectivity index (χ2n) is 26.9. The van der Waals surface area contributed by atoms with Gasteiger partial charge in [0.15, 0.2) is 0 Å². The molecule has 9 rings (SSSR count). The van der Waals surface area contributed by atoms with Gasteiger partial charge in [0.2, 0.25) is 30.1 Å². The van der Waals surface area contributed by atoms with Gasteiger partial charge in [-0.3, -0.25) is 29.3 Å². The highest BCUT2D eigenvalue weighted by Gasteiger charge is 2.30. The summed E-state index contributed by atoms with van der Waals surface area (Å²) in [4.78, 5) is 55.2. The molecule has 106 heavy (non-hydrogen) atoms. The number of pyridine rings is 3. The van der Waals surface area contributed by atoms with Crippen LogP contribution in [0, 0.1) is 59.3 Å². The van der Waals surface area contributed by atoms with Crippen LogP contribution >= 0.6 is 35.3 Å². The molecule has 29 heteroatoms. The molecule has 3 saturated heterocycles. The fraction of sp³-hybridized carbons (Fsp3) is 0.532. The predicted molar refractivity (Wildman–Crippen MR) is 431 cm³/mol. The first-order valence-electron chi connectivity index (χ1n) is 36.0. The third-order valence-corrected chi connectivity index (χ3v) is 28.6. The van der Waals surface area contributed by atoms with E-state index in [0.717, 1.165) is 90.3 Å². The number of methoxy groups -OCH3 is 3. The summed E-state index contributed by atoms with van der Waals surface area (Å²) in [5, 5.41) is 0. The van der Waals surface area contributed by atoms with E-state index in [4.69, 9.17) is 19.9 Å². The Hall–Kier alpha value is -6.54. The Labute approximate surface area is 644 Å². The van der Waals surface area contributed by atoms with Crippen molar-refractivity contribution in [3.05, 3.63) is 143 Å². The van der Waals surface area contributed by atoms with Crippen molar-refractivity contribution in [1.29, 1.82) is 0 Å². The summed E-state index contributed by atoms with van der Waals surface area (Å²) in [6.07, 6.45) is 21.0. The van der Waals surface area contributed by atoms with Crippen LogP contribution in [0.4, 0.5) is 17.1 Å². The van der Waals surface area contributed by atoms with Crippen molar-refractivity contribution in [2.75, 3.05) is 157 Å². The van der Waals surface area contributed by atoms with Gasteiger partial charge in [0, 0.05) is 164 Å². The van der Waals surface area contributed by atoms with Crippen LogP contribution in [0.5, 0.6) is 17.2 Å². The maximum atomic E-state index is 13.1.